The first kappa shape index (κ1) is 16.1. The number of rotatable bonds is 3. The zero-order chi connectivity index (χ0) is 17.2. The van der Waals surface area contributed by atoms with Gasteiger partial charge in [-0.3, -0.25) is 4.79 Å². The summed E-state index contributed by atoms with van der Waals surface area (Å²) in [6.45, 7) is 5.33. The highest BCUT2D eigenvalue weighted by Gasteiger charge is 2.28. The van der Waals surface area contributed by atoms with Crippen molar-refractivity contribution in [3.8, 4) is 0 Å². The van der Waals surface area contributed by atoms with E-state index in [0.29, 0.717) is 18.2 Å². The van der Waals surface area contributed by atoms with Crippen LogP contribution >= 0.6 is 0 Å². The van der Waals surface area contributed by atoms with Crippen LogP contribution in [0.5, 0.6) is 0 Å². The average molecular weight is 335 g/mol. The number of benzene rings is 1. The van der Waals surface area contributed by atoms with E-state index in [1.54, 1.807) is 0 Å². The molecule has 1 aliphatic heterocycles. The van der Waals surface area contributed by atoms with E-state index in [-0.39, 0.29) is 0 Å². The number of aromatic nitrogens is 1. The molecule has 0 spiro atoms. The third kappa shape index (κ3) is 3.39. The van der Waals surface area contributed by atoms with Gasteiger partial charge >= 0.3 is 0 Å². The van der Waals surface area contributed by atoms with Gasteiger partial charge in [-0.2, -0.15) is 0 Å². The molecule has 0 radical (unpaired) electrons. The zero-order valence-electron chi connectivity index (χ0n) is 14.8. The van der Waals surface area contributed by atoms with E-state index in [2.05, 4.69) is 40.2 Å². The Hall–Kier alpha value is -2.36. The predicted octanol–water partition coefficient (Wildman–Crippen LogP) is 3.16. The standard InChI is InChI=1S/C21H25N3O/c1-16-5-4-8-20(22-16)23-11-13-24(14-12-23)21(25)15-18-10-9-17-6-2-3-7-19(17)18/h2-8,18H,9-15H2,1H3/t18-/m0/s1. The number of fused-ring (bicyclic) bond motifs is 1. The fourth-order valence-electron chi connectivity index (χ4n) is 4.09. The molecule has 1 saturated heterocycles. The minimum Gasteiger partial charge on any atom is -0.353 e. The van der Waals surface area contributed by atoms with Crippen molar-refractivity contribution in [1.82, 2.24) is 9.88 Å². The second kappa shape index (κ2) is 6.87. The van der Waals surface area contributed by atoms with E-state index in [4.69, 9.17) is 0 Å². The average Bonchev–Trinajstić information content (AvgIpc) is 3.05. The molecular formula is C21H25N3O. The topological polar surface area (TPSA) is 36.4 Å². The van der Waals surface area contributed by atoms with Gasteiger partial charge in [0.25, 0.3) is 0 Å². The first-order valence-electron chi connectivity index (χ1n) is 9.25. The molecule has 0 saturated carbocycles. The van der Waals surface area contributed by atoms with Crippen LogP contribution in [0, 0.1) is 6.92 Å². The first-order valence-corrected chi connectivity index (χ1v) is 9.25. The fraction of sp³-hybridized carbons (Fsp3) is 0.429. The van der Waals surface area contributed by atoms with Gasteiger partial charge in [-0.1, -0.05) is 30.3 Å². The molecule has 1 fully saturated rings. The molecule has 0 unspecified atom stereocenters. The van der Waals surface area contributed by atoms with E-state index in [1.165, 1.54) is 11.1 Å². The van der Waals surface area contributed by atoms with Crippen LogP contribution in [0.1, 0.15) is 35.6 Å². The van der Waals surface area contributed by atoms with Crippen LogP contribution in [0.3, 0.4) is 0 Å². The van der Waals surface area contributed by atoms with Crippen molar-refractivity contribution in [3.63, 3.8) is 0 Å². The number of amides is 1. The summed E-state index contributed by atoms with van der Waals surface area (Å²) in [6.07, 6.45) is 2.87. The first-order chi connectivity index (χ1) is 12.2. The van der Waals surface area contributed by atoms with Gasteiger partial charge in [-0.15, -0.1) is 0 Å². The van der Waals surface area contributed by atoms with Crippen LogP contribution in [0.25, 0.3) is 0 Å². The Bertz CT molecular complexity index is 765. The highest BCUT2D eigenvalue weighted by molar-refractivity contribution is 5.77. The number of aryl methyl sites for hydroxylation is 2. The molecule has 2 aromatic rings. The highest BCUT2D eigenvalue weighted by Crippen LogP contribution is 2.35. The minimum absolute atomic E-state index is 0.304. The maximum atomic E-state index is 12.8. The summed E-state index contributed by atoms with van der Waals surface area (Å²) in [5, 5.41) is 0. The molecule has 4 rings (SSSR count). The SMILES string of the molecule is Cc1cccc(N2CCN(C(=O)C[C@@H]3CCc4ccccc43)CC2)n1. The van der Waals surface area contributed by atoms with Gasteiger partial charge < -0.3 is 9.80 Å². The van der Waals surface area contributed by atoms with Crippen LogP contribution < -0.4 is 4.90 Å². The van der Waals surface area contributed by atoms with Crippen molar-refractivity contribution in [3.05, 3.63) is 59.3 Å². The van der Waals surface area contributed by atoms with Gasteiger partial charge in [-0.25, -0.2) is 4.98 Å². The predicted molar refractivity (Wildman–Crippen MR) is 99.9 cm³/mol. The second-order valence-electron chi connectivity index (χ2n) is 7.14. The summed E-state index contributed by atoms with van der Waals surface area (Å²) < 4.78 is 0. The largest absolute Gasteiger partial charge is 0.353 e. The molecule has 4 heteroatoms. The Morgan fingerprint density at radius 3 is 2.68 bits per heavy atom. The monoisotopic (exact) mass is 335 g/mol. The molecule has 0 N–H and O–H groups in total. The molecule has 4 nitrogen and oxygen atoms in total. The smallest absolute Gasteiger partial charge is 0.223 e. The molecule has 1 aliphatic carbocycles. The lowest BCUT2D eigenvalue weighted by molar-refractivity contribution is -0.131. The van der Waals surface area contributed by atoms with E-state index in [0.717, 1.165) is 50.5 Å². The van der Waals surface area contributed by atoms with Crippen molar-refractivity contribution in [2.75, 3.05) is 31.1 Å². The number of hydrogen-bond donors (Lipinski definition) is 0. The van der Waals surface area contributed by atoms with Gasteiger partial charge in [0.1, 0.15) is 5.82 Å². The lowest BCUT2D eigenvalue weighted by Gasteiger charge is -2.36. The normalized spacial score (nSPS) is 19.8. The fourth-order valence-corrected chi connectivity index (χ4v) is 4.09. The summed E-state index contributed by atoms with van der Waals surface area (Å²) in [6, 6.07) is 14.7. The molecular weight excluding hydrogens is 310 g/mol. The van der Waals surface area contributed by atoms with Crippen LogP contribution in [0.15, 0.2) is 42.5 Å². The Balaban J connectivity index is 1.34. The van der Waals surface area contributed by atoms with E-state index in [9.17, 15) is 4.79 Å². The molecule has 25 heavy (non-hydrogen) atoms. The van der Waals surface area contributed by atoms with E-state index >= 15 is 0 Å². The van der Waals surface area contributed by atoms with Crippen LogP contribution in [0.2, 0.25) is 0 Å². The maximum absolute atomic E-state index is 12.8. The van der Waals surface area contributed by atoms with Gasteiger partial charge in [-0.05, 0) is 48.9 Å². The van der Waals surface area contributed by atoms with E-state index in [1.807, 2.05) is 24.0 Å². The number of piperazine rings is 1. The van der Waals surface area contributed by atoms with Crippen LogP contribution in [-0.4, -0.2) is 42.0 Å². The van der Waals surface area contributed by atoms with Gasteiger partial charge in [0, 0.05) is 38.3 Å². The molecule has 0 bridgehead atoms. The Morgan fingerprint density at radius 2 is 1.88 bits per heavy atom. The van der Waals surface area contributed by atoms with Gasteiger partial charge in [0.05, 0.1) is 0 Å². The number of carbonyl (C=O) groups is 1. The molecule has 1 amide bonds. The molecule has 130 valence electrons. The number of pyridine rings is 1. The van der Waals surface area contributed by atoms with Crippen LogP contribution in [0.4, 0.5) is 5.82 Å². The summed E-state index contributed by atoms with van der Waals surface area (Å²) in [5.41, 5.74) is 3.85. The van der Waals surface area contributed by atoms with Crippen molar-refractivity contribution in [2.45, 2.75) is 32.1 Å². The zero-order valence-corrected chi connectivity index (χ0v) is 14.8. The van der Waals surface area contributed by atoms with Crippen molar-refractivity contribution in [2.24, 2.45) is 0 Å². The molecule has 1 aromatic heterocycles. The highest BCUT2D eigenvalue weighted by atomic mass is 16.2. The number of hydrogen-bond acceptors (Lipinski definition) is 3. The number of carbonyl (C=O) groups excluding carboxylic acids is 1. The summed E-state index contributed by atoms with van der Waals surface area (Å²) in [4.78, 5) is 21.7. The molecule has 2 aliphatic rings. The minimum atomic E-state index is 0.304. The Morgan fingerprint density at radius 1 is 1.08 bits per heavy atom. The summed E-state index contributed by atoms with van der Waals surface area (Å²) in [7, 11) is 0. The van der Waals surface area contributed by atoms with Crippen molar-refractivity contribution < 1.29 is 4.79 Å². The van der Waals surface area contributed by atoms with Crippen LogP contribution in [-0.2, 0) is 11.2 Å². The van der Waals surface area contributed by atoms with Crippen molar-refractivity contribution in [1.29, 1.82) is 0 Å². The second-order valence-corrected chi connectivity index (χ2v) is 7.14. The lowest BCUT2D eigenvalue weighted by Crippen LogP contribution is -2.49. The van der Waals surface area contributed by atoms with Gasteiger partial charge in [0.15, 0.2) is 0 Å². The number of anilines is 1. The summed E-state index contributed by atoms with van der Waals surface area (Å²) >= 11 is 0. The van der Waals surface area contributed by atoms with Crippen molar-refractivity contribution >= 4 is 11.7 Å². The maximum Gasteiger partial charge on any atom is 0.223 e. The molecule has 1 atom stereocenters. The number of nitrogens with zero attached hydrogens (tertiary/aromatic N) is 3. The Kier molecular flexibility index (Phi) is 4.43. The summed E-state index contributed by atoms with van der Waals surface area (Å²) in [5.74, 6) is 1.73. The third-order valence-electron chi connectivity index (χ3n) is 5.51. The Labute approximate surface area is 149 Å². The lowest BCUT2D eigenvalue weighted by atomic mass is 9.97. The van der Waals surface area contributed by atoms with Gasteiger partial charge in [0.2, 0.25) is 5.91 Å². The molecule has 2 heterocycles. The molecule has 1 aromatic carbocycles. The third-order valence-corrected chi connectivity index (χ3v) is 5.51. The quantitative estimate of drug-likeness (QED) is 0.864. The van der Waals surface area contributed by atoms with E-state index < -0.39 is 0 Å².